The molecule has 1 amide bonds. The number of hydrogen-bond donors (Lipinski definition) is 2. The highest BCUT2D eigenvalue weighted by molar-refractivity contribution is 7.99. The highest BCUT2D eigenvalue weighted by atomic mass is 35.5. The van der Waals surface area contributed by atoms with Crippen molar-refractivity contribution in [3.05, 3.63) is 48.8 Å². The molecule has 0 spiro atoms. The highest BCUT2D eigenvalue weighted by Crippen LogP contribution is 2.33. The molecule has 1 heterocycles. The Balaban J connectivity index is 1.67. The fraction of sp³-hybridized carbons (Fsp3) is 0.312. The number of fused-ring (bicyclic) bond motifs is 1. The molecule has 0 bridgehead atoms. The van der Waals surface area contributed by atoms with Crippen molar-refractivity contribution >= 4 is 58.2 Å². The molecule has 9 heteroatoms. The van der Waals surface area contributed by atoms with Gasteiger partial charge in [-0.25, -0.2) is 4.98 Å². The Morgan fingerprint density at radius 3 is 2.60 bits per heavy atom. The molecule has 1 aromatic carbocycles. The Bertz CT molecular complexity index is 862. The number of nitrogens with one attached hydrogen (secondary N) is 2. The molecule has 1 aromatic heterocycles. The summed E-state index contributed by atoms with van der Waals surface area (Å²) >= 11 is 19.1. The number of aromatic amines is 1. The molecule has 3 rings (SSSR count). The monoisotopic (exact) mass is 417 g/mol. The SMILES string of the molecule is O=C(CSc1nc2c(c(=O)[nH]1)CCCC2)Nc1c(Cl)cc(Cl)cc1Cl. The van der Waals surface area contributed by atoms with Crippen LogP contribution in [0, 0.1) is 0 Å². The van der Waals surface area contributed by atoms with Crippen LogP contribution >= 0.6 is 46.6 Å². The van der Waals surface area contributed by atoms with E-state index >= 15 is 0 Å². The zero-order valence-corrected chi connectivity index (χ0v) is 16.1. The van der Waals surface area contributed by atoms with Crippen LogP contribution in [-0.4, -0.2) is 21.6 Å². The number of hydrogen-bond acceptors (Lipinski definition) is 4. The quantitative estimate of drug-likeness (QED) is 0.572. The van der Waals surface area contributed by atoms with Crippen LogP contribution in [0.5, 0.6) is 0 Å². The average molecular weight is 419 g/mol. The molecule has 2 aromatic rings. The third-order valence-corrected chi connectivity index (χ3v) is 5.47. The van der Waals surface area contributed by atoms with E-state index in [1.165, 1.54) is 12.1 Å². The first-order chi connectivity index (χ1) is 11.9. The third kappa shape index (κ3) is 4.50. The van der Waals surface area contributed by atoms with E-state index in [1.54, 1.807) is 0 Å². The number of aromatic nitrogens is 2. The predicted molar refractivity (Wildman–Crippen MR) is 102 cm³/mol. The number of H-pyrrole nitrogens is 1. The Labute approximate surface area is 163 Å². The number of amides is 1. The van der Waals surface area contributed by atoms with Crippen LogP contribution in [-0.2, 0) is 17.6 Å². The van der Waals surface area contributed by atoms with Crippen LogP contribution in [0.3, 0.4) is 0 Å². The molecule has 0 saturated carbocycles. The first kappa shape index (κ1) is 18.6. The summed E-state index contributed by atoms with van der Waals surface area (Å²) in [6.07, 6.45) is 3.60. The molecule has 0 radical (unpaired) electrons. The fourth-order valence-corrected chi connectivity index (χ4v) is 4.21. The van der Waals surface area contributed by atoms with Crippen molar-refractivity contribution in [1.82, 2.24) is 9.97 Å². The molecule has 1 aliphatic rings. The zero-order chi connectivity index (χ0) is 18.0. The minimum atomic E-state index is -0.309. The second-order valence-electron chi connectivity index (χ2n) is 5.58. The van der Waals surface area contributed by atoms with Gasteiger partial charge in [-0.3, -0.25) is 9.59 Å². The summed E-state index contributed by atoms with van der Waals surface area (Å²) < 4.78 is 0. The lowest BCUT2D eigenvalue weighted by Crippen LogP contribution is -2.22. The summed E-state index contributed by atoms with van der Waals surface area (Å²) in [7, 11) is 0. The van der Waals surface area contributed by atoms with E-state index in [2.05, 4.69) is 15.3 Å². The number of nitrogens with zero attached hydrogens (tertiary/aromatic N) is 1. The van der Waals surface area contributed by atoms with Gasteiger partial charge in [0, 0.05) is 10.6 Å². The standard InChI is InChI=1S/C16H14Cl3N3O2S/c17-8-5-10(18)14(11(19)6-8)21-13(23)7-25-16-20-12-4-2-1-3-9(12)15(24)22-16/h5-6H,1-4,7H2,(H,21,23)(H,20,22,24). The lowest BCUT2D eigenvalue weighted by atomic mass is 9.97. The van der Waals surface area contributed by atoms with Gasteiger partial charge >= 0.3 is 0 Å². The summed E-state index contributed by atoms with van der Waals surface area (Å²) in [6, 6.07) is 3.00. The van der Waals surface area contributed by atoms with E-state index in [4.69, 9.17) is 34.8 Å². The van der Waals surface area contributed by atoms with Crippen molar-refractivity contribution in [2.24, 2.45) is 0 Å². The van der Waals surface area contributed by atoms with Gasteiger partial charge in [-0.2, -0.15) is 0 Å². The van der Waals surface area contributed by atoms with Crippen LogP contribution < -0.4 is 10.9 Å². The van der Waals surface area contributed by atoms with Gasteiger partial charge in [-0.1, -0.05) is 46.6 Å². The maximum absolute atomic E-state index is 12.1. The molecule has 2 N–H and O–H groups in total. The molecule has 1 aliphatic carbocycles. The molecule has 0 unspecified atom stereocenters. The van der Waals surface area contributed by atoms with E-state index in [0.29, 0.717) is 15.9 Å². The molecule has 25 heavy (non-hydrogen) atoms. The third-order valence-electron chi connectivity index (χ3n) is 3.78. The Kier molecular flexibility index (Phi) is 5.94. The molecule has 5 nitrogen and oxygen atoms in total. The number of anilines is 1. The van der Waals surface area contributed by atoms with Gasteiger partial charge in [0.15, 0.2) is 5.16 Å². The van der Waals surface area contributed by atoms with Crippen molar-refractivity contribution in [3.63, 3.8) is 0 Å². The van der Waals surface area contributed by atoms with Gasteiger partial charge in [0.25, 0.3) is 5.56 Å². The summed E-state index contributed by atoms with van der Waals surface area (Å²) in [6.45, 7) is 0. The van der Waals surface area contributed by atoms with Crippen molar-refractivity contribution in [2.75, 3.05) is 11.1 Å². The molecule has 0 aliphatic heterocycles. The number of carbonyl (C=O) groups is 1. The first-order valence-electron chi connectivity index (χ1n) is 7.63. The van der Waals surface area contributed by atoms with Crippen molar-refractivity contribution in [3.8, 4) is 0 Å². The number of carbonyl (C=O) groups excluding carboxylic acids is 1. The smallest absolute Gasteiger partial charge is 0.254 e. The van der Waals surface area contributed by atoms with Crippen LogP contribution in [0.2, 0.25) is 15.1 Å². The number of halogens is 3. The number of benzene rings is 1. The molecule has 0 atom stereocenters. The maximum atomic E-state index is 12.1. The molecular weight excluding hydrogens is 405 g/mol. The van der Waals surface area contributed by atoms with Gasteiger partial charge in [-0.05, 0) is 37.8 Å². The van der Waals surface area contributed by atoms with Crippen molar-refractivity contribution < 1.29 is 4.79 Å². The second kappa shape index (κ2) is 7.99. The summed E-state index contributed by atoms with van der Waals surface area (Å²) in [5, 5.41) is 4.00. The van der Waals surface area contributed by atoms with E-state index < -0.39 is 0 Å². The van der Waals surface area contributed by atoms with Crippen LogP contribution in [0.15, 0.2) is 22.1 Å². The topological polar surface area (TPSA) is 74.8 Å². The summed E-state index contributed by atoms with van der Waals surface area (Å²) in [5.74, 6) is -0.242. The minimum absolute atomic E-state index is 0.0665. The van der Waals surface area contributed by atoms with E-state index in [1.807, 2.05) is 0 Å². The summed E-state index contributed by atoms with van der Waals surface area (Å²) in [5.41, 5.74) is 1.79. The van der Waals surface area contributed by atoms with Crippen LogP contribution in [0.25, 0.3) is 0 Å². The van der Waals surface area contributed by atoms with Gasteiger partial charge in [0.1, 0.15) is 0 Å². The zero-order valence-electron chi connectivity index (χ0n) is 13.0. The lowest BCUT2D eigenvalue weighted by Gasteiger charge is -2.14. The molecule has 0 saturated heterocycles. The van der Waals surface area contributed by atoms with Gasteiger partial charge < -0.3 is 10.3 Å². The number of aryl methyl sites for hydroxylation is 1. The Morgan fingerprint density at radius 2 is 1.88 bits per heavy atom. The van der Waals surface area contributed by atoms with E-state index in [-0.39, 0.29) is 27.3 Å². The largest absolute Gasteiger partial charge is 0.323 e. The van der Waals surface area contributed by atoms with Crippen LogP contribution in [0.1, 0.15) is 24.1 Å². The normalized spacial score (nSPS) is 13.4. The van der Waals surface area contributed by atoms with Gasteiger partial charge in [-0.15, -0.1) is 0 Å². The number of rotatable bonds is 4. The maximum Gasteiger partial charge on any atom is 0.254 e. The van der Waals surface area contributed by atoms with Crippen LogP contribution in [0.4, 0.5) is 5.69 Å². The van der Waals surface area contributed by atoms with Gasteiger partial charge in [0.05, 0.1) is 27.2 Å². The van der Waals surface area contributed by atoms with E-state index in [9.17, 15) is 9.59 Å². The van der Waals surface area contributed by atoms with Crippen molar-refractivity contribution in [2.45, 2.75) is 30.8 Å². The highest BCUT2D eigenvalue weighted by Gasteiger charge is 2.17. The van der Waals surface area contributed by atoms with Crippen molar-refractivity contribution in [1.29, 1.82) is 0 Å². The average Bonchev–Trinajstić information content (AvgIpc) is 2.56. The van der Waals surface area contributed by atoms with Gasteiger partial charge in [0.2, 0.25) is 5.91 Å². The second-order valence-corrected chi connectivity index (χ2v) is 7.80. The Morgan fingerprint density at radius 1 is 1.20 bits per heavy atom. The predicted octanol–water partition coefficient (Wildman–Crippen LogP) is 4.34. The fourth-order valence-electron chi connectivity index (χ4n) is 2.62. The van der Waals surface area contributed by atoms with E-state index in [0.717, 1.165) is 48.7 Å². The molecular formula is C16H14Cl3N3O2S. The summed E-state index contributed by atoms with van der Waals surface area (Å²) in [4.78, 5) is 31.4. The minimum Gasteiger partial charge on any atom is -0.323 e. The molecule has 0 fully saturated rings. The first-order valence-corrected chi connectivity index (χ1v) is 9.75. The lowest BCUT2D eigenvalue weighted by molar-refractivity contribution is -0.113. The Hall–Kier alpha value is -1.21. The molecule has 132 valence electrons. The number of thioether (sulfide) groups is 1.